The fourth-order valence-corrected chi connectivity index (χ4v) is 4.00. The van der Waals surface area contributed by atoms with E-state index in [9.17, 15) is 0 Å². The average Bonchev–Trinajstić information content (AvgIpc) is 2.65. The molecular formula is C28H58N2O4. The van der Waals surface area contributed by atoms with Crippen LogP contribution in [0, 0.1) is 10.8 Å². The van der Waals surface area contributed by atoms with Gasteiger partial charge in [-0.3, -0.25) is 0 Å². The van der Waals surface area contributed by atoms with Crippen LogP contribution in [-0.4, -0.2) is 75.5 Å². The van der Waals surface area contributed by atoms with E-state index >= 15 is 0 Å². The second-order valence-corrected chi connectivity index (χ2v) is 13.4. The topological polar surface area (TPSA) is 61.0 Å². The van der Waals surface area contributed by atoms with Crippen LogP contribution in [-0.2, 0) is 18.9 Å². The molecule has 0 radical (unpaired) electrons. The number of rotatable bonds is 17. The predicted molar refractivity (Wildman–Crippen MR) is 143 cm³/mol. The van der Waals surface area contributed by atoms with Gasteiger partial charge in [-0.1, -0.05) is 27.7 Å². The molecule has 6 heteroatoms. The molecule has 1 aliphatic rings. The fraction of sp³-hybridized carbons (Fsp3) is 1.00. The first-order valence-corrected chi connectivity index (χ1v) is 13.4. The van der Waals surface area contributed by atoms with E-state index in [-0.39, 0.29) is 28.0 Å². The highest BCUT2D eigenvalue weighted by Crippen LogP contribution is 2.42. The van der Waals surface area contributed by atoms with Gasteiger partial charge in [0.05, 0.1) is 38.6 Å². The van der Waals surface area contributed by atoms with E-state index in [2.05, 4.69) is 86.8 Å². The Balaban J connectivity index is 2.15. The maximum absolute atomic E-state index is 6.20. The van der Waals surface area contributed by atoms with E-state index in [0.29, 0.717) is 38.6 Å². The Labute approximate surface area is 211 Å². The van der Waals surface area contributed by atoms with Crippen molar-refractivity contribution in [1.82, 2.24) is 10.6 Å². The third-order valence-corrected chi connectivity index (χ3v) is 7.24. The Kier molecular flexibility index (Phi) is 13.0. The van der Waals surface area contributed by atoms with E-state index in [0.717, 1.165) is 39.0 Å². The first-order chi connectivity index (χ1) is 15.5. The molecule has 0 aromatic heterocycles. The second-order valence-electron chi connectivity index (χ2n) is 13.4. The van der Waals surface area contributed by atoms with Crippen molar-refractivity contribution in [3.63, 3.8) is 0 Å². The van der Waals surface area contributed by atoms with Gasteiger partial charge in [0, 0.05) is 36.9 Å². The SMILES string of the molecule is C[C@H](OCCCOCCNC(C)(C)C)C(C)(C)C(C)(C)COCCO[C@H]1C[C@H](NC(C)(C)C)C1. The zero-order chi connectivity index (χ0) is 26.0. The summed E-state index contributed by atoms with van der Waals surface area (Å²) in [6, 6.07) is 0.587. The van der Waals surface area contributed by atoms with Gasteiger partial charge in [0.2, 0.25) is 0 Å². The molecular weight excluding hydrogens is 428 g/mol. The molecule has 1 atom stereocenters. The molecule has 0 unspecified atom stereocenters. The molecule has 1 rings (SSSR count). The third-order valence-electron chi connectivity index (χ3n) is 7.24. The lowest BCUT2D eigenvalue weighted by Crippen LogP contribution is -2.52. The van der Waals surface area contributed by atoms with E-state index < -0.39 is 0 Å². The molecule has 1 fully saturated rings. The van der Waals surface area contributed by atoms with Crippen molar-refractivity contribution in [2.45, 2.75) is 125 Å². The van der Waals surface area contributed by atoms with Crippen molar-refractivity contribution in [3.05, 3.63) is 0 Å². The van der Waals surface area contributed by atoms with Crippen molar-refractivity contribution in [2.24, 2.45) is 10.8 Å². The minimum absolute atomic E-state index is 0.0142. The van der Waals surface area contributed by atoms with Gasteiger partial charge in [-0.25, -0.2) is 0 Å². The molecule has 2 N–H and O–H groups in total. The van der Waals surface area contributed by atoms with Crippen molar-refractivity contribution >= 4 is 0 Å². The van der Waals surface area contributed by atoms with E-state index in [1.807, 2.05) is 0 Å². The lowest BCUT2D eigenvalue weighted by Gasteiger charge is -2.45. The maximum Gasteiger partial charge on any atom is 0.0704 e. The van der Waals surface area contributed by atoms with Crippen LogP contribution in [0.1, 0.15) is 95.4 Å². The smallest absolute Gasteiger partial charge is 0.0704 e. The van der Waals surface area contributed by atoms with Gasteiger partial charge in [-0.15, -0.1) is 0 Å². The molecule has 6 nitrogen and oxygen atoms in total. The predicted octanol–water partition coefficient (Wildman–Crippen LogP) is 5.19. The summed E-state index contributed by atoms with van der Waals surface area (Å²) in [5.41, 5.74) is 0.279. The Bertz CT molecular complexity index is 546. The lowest BCUT2D eigenvalue weighted by atomic mass is 9.65. The van der Waals surface area contributed by atoms with E-state index in [4.69, 9.17) is 18.9 Å². The molecule has 204 valence electrons. The number of nitrogens with one attached hydrogen (secondary N) is 2. The molecule has 0 aromatic rings. The molecule has 0 bridgehead atoms. The zero-order valence-corrected chi connectivity index (χ0v) is 24.4. The first-order valence-electron chi connectivity index (χ1n) is 13.4. The monoisotopic (exact) mass is 486 g/mol. The van der Waals surface area contributed by atoms with Crippen LogP contribution in [0.4, 0.5) is 0 Å². The van der Waals surface area contributed by atoms with Crippen molar-refractivity contribution in [2.75, 3.05) is 46.2 Å². The molecule has 0 spiro atoms. The van der Waals surface area contributed by atoms with Crippen LogP contribution in [0.2, 0.25) is 0 Å². The normalized spacial score (nSPS) is 20.9. The van der Waals surface area contributed by atoms with Gasteiger partial charge in [0.15, 0.2) is 0 Å². The van der Waals surface area contributed by atoms with Gasteiger partial charge < -0.3 is 29.6 Å². The molecule has 1 saturated carbocycles. The Morgan fingerprint density at radius 3 is 2.00 bits per heavy atom. The molecule has 0 heterocycles. The summed E-state index contributed by atoms with van der Waals surface area (Å²) in [7, 11) is 0. The van der Waals surface area contributed by atoms with Gasteiger partial charge in [0.25, 0.3) is 0 Å². The third kappa shape index (κ3) is 12.6. The molecule has 34 heavy (non-hydrogen) atoms. The van der Waals surface area contributed by atoms with E-state index in [1.165, 1.54) is 0 Å². The van der Waals surface area contributed by atoms with Crippen LogP contribution in [0.25, 0.3) is 0 Å². The van der Waals surface area contributed by atoms with Crippen LogP contribution >= 0.6 is 0 Å². The summed E-state index contributed by atoms with van der Waals surface area (Å²) in [6.45, 7) is 29.5. The van der Waals surface area contributed by atoms with Crippen LogP contribution in [0.3, 0.4) is 0 Å². The number of hydrogen-bond acceptors (Lipinski definition) is 6. The van der Waals surface area contributed by atoms with Crippen molar-refractivity contribution < 1.29 is 18.9 Å². The largest absolute Gasteiger partial charge is 0.380 e. The number of hydrogen-bond donors (Lipinski definition) is 2. The maximum atomic E-state index is 6.20. The second kappa shape index (κ2) is 13.9. The molecule has 1 aliphatic carbocycles. The zero-order valence-electron chi connectivity index (χ0n) is 24.4. The van der Waals surface area contributed by atoms with Gasteiger partial charge in [0.1, 0.15) is 0 Å². The first kappa shape index (κ1) is 31.8. The quantitative estimate of drug-likeness (QED) is 0.276. The van der Waals surface area contributed by atoms with Crippen LogP contribution in [0.15, 0.2) is 0 Å². The van der Waals surface area contributed by atoms with Crippen molar-refractivity contribution in [1.29, 1.82) is 0 Å². The average molecular weight is 487 g/mol. The number of ether oxygens (including phenoxy) is 4. The Hall–Kier alpha value is -0.240. The summed E-state index contributed by atoms with van der Waals surface area (Å²) in [5, 5.41) is 7.07. The van der Waals surface area contributed by atoms with Gasteiger partial charge >= 0.3 is 0 Å². The minimum atomic E-state index is -0.0227. The standard InChI is InChI=1S/C28H58N2O4/c1-22(33-15-12-14-31-16-13-29-25(2,3)4)28(10,11)27(8,9)21-32-17-18-34-24-19-23(20-24)30-26(5,6)7/h22-24,29-30H,12-21H2,1-11H3/t22-,23-,24-/m0/s1. The molecule has 0 amide bonds. The van der Waals surface area contributed by atoms with Crippen LogP contribution < -0.4 is 10.6 Å². The lowest BCUT2D eigenvalue weighted by molar-refractivity contribution is -0.110. The molecule has 0 aromatic carbocycles. The summed E-state index contributed by atoms with van der Waals surface area (Å²) in [5.74, 6) is 0. The summed E-state index contributed by atoms with van der Waals surface area (Å²) >= 11 is 0. The Morgan fingerprint density at radius 2 is 1.41 bits per heavy atom. The molecule has 0 aliphatic heterocycles. The summed E-state index contributed by atoms with van der Waals surface area (Å²) in [4.78, 5) is 0. The minimum Gasteiger partial charge on any atom is -0.380 e. The van der Waals surface area contributed by atoms with Gasteiger partial charge in [-0.2, -0.15) is 0 Å². The molecule has 0 saturated heterocycles. The highest BCUT2D eigenvalue weighted by molar-refractivity contribution is 4.91. The van der Waals surface area contributed by atoms with E-state index in [1.54, 1.807) is 0 Å². The fourth-order valence-electron chi connectivity index (χ4n) is 4.00. The van der Waals surface area contributed by atoms with Crippen LogP contribution in [0.5, 0.6) is 0 Å². The Morgan fingerprint density at radius 1 is 0.765 bits per heavy atom. The summed E-state index contributed by atoms with van der Waals surface area (Å²) < 4.78 is 23.9. The van der Waals surface area contributed by atoms with Crippen molar-refractivity contribution in [3.8, 4) is 0 Å². The summed E-state index contributed by atoms with van der Waals surface area (Å²) in [6.07, 6.45) is 3.62. The highest BCUT2D eigenvalue weighted by Gasteiger charge is 2.42. The highest BCUT2D eigenvalue weighted by atomic mass is 16.5. The van der Waals surface area contributed by atoms with Gasteiger partial charge in [-0.05, 0) is 78.6 Å².